The molecule has 4 rings (SSSR count). The van der Waals surface area contributed by atoms with Gasteiger partial charge in [0.25, 0.3) is 15.9 Å². The van der Waals surface area contributed by atoms with Crippen LogP contribution in [0, 0.1) is 25.6 Å². The molecule has 1 amide bonds. The van der Waals surface area contributed by atoms with Crippen molar-refractivity contribution >= 4 is 21.7 Å². The molecule has 0 fully saturated rings. The van der Waals surface area contributed by atoms with Crippen LogP contribution in [0.4, 0.5) is 10.2 Å². The summed E-state index contributed by atoms with van der Waals surface area (Å²) in [6.45, 7) is 8.00. The van der Waals surface area contributed by atoms with Crippen molar-refractivity contribution in [3.8, 4) is 28.6 Å². The summed E-state index contributed by atoms with van der Waals surface area (Å²) in [6.07, 6.45) is 0. The van der Waals surface area contributed by atoms with Gasteiger partial charge in [0, 0.05) is 11.6 Å². The monoisotopic (exact) mass is 564 g/mol. The Bertz CT molecular complexity index is 1660. The SMILES string of the molecule is Cc1cccc(C)c1Oc1nc(-c2cc(F)cc(OCC(C)C)c2)ccc1C(=O)NS(=O)(=O)c1cccc(N)n1. The lowest BCUT2D eigenvalue weighted by Gasteiger charge is -2.16. The van der Waals surface area contributed by atoms with Gasteiger partial charge in [-0.2, -0.15) is 8.42 Å². The van der Waals surface area contributed by atoms with E-state index in [9.17, 15) is 17.6 Å². The van der Waals surface area contributed by atoms with E-state index in [0.29, 0.717) is 23.7 Å². The van der Waals surface area contributed by atoms with Crippen molar-refractivity contribution in [3.05, 3.63) is 89.2 Å². The van der Waals surface area contributed by atoms with Crippen LogP contribution in [-0.2, 0) is 10.0 Å². The van der Waals surface area contributed by atoms with Crippen molar-refractivity contribution in [3.63, 3.8) is 0 Å². The lowest BCUT2D eigenvalue weighted by Crippen LogP contribution is -2.31. The predicted molar refractivity (Wildman–Crippen MR) is 149 cm³/mol. The Morgan fingerprint density at radius 3 is 2.38 bits per heavy atom. The van der Waals surface area contributed by atoms with Gasteiger partial charge in [-0.1, -0.05) is 38.1 Å². The number of aryl methyl sites for hydroxylation is 2. The number of hydrogen-bond donors (Lipinski definition) is 2. The second-order valence-corrected chi connectivity index (χ2v) is 11.2. The van der Waals surface area contributed by atoms with Crippen LogP contribution in [0.5, 0.6) is 17.4 Å². The van der Waals surface area contributed by atoms with Crippen molar-refractivity contribution < 1.29 is 27.1 Å². The fourth-order valence-electron chi connectivity index (χ4n) is 3.78. The van der Waals surface area contributed by atoms with E-state index in [1.165, 1.54) is 42.5 Å². The molecule has 4 aromatic rings. The molecule has 0 saturated carbocycles. The average molecular weight is 565 g/mol. The molecule has 2 aromatic carbocycles. The lowest BCUT2D eigenvalue weighted by atomic mass is 10.1. The smallest absolute Gasteiger partial charge is 0.281 e. The molecule has 208 valence electrons. The molecule has 0 bridgehead atoms. The van der Waals surface area contributed by atoms with Crippen LogP contribution in [0.15, 0.2) is 71.8 Å². The van der Waals surface area contributed by atoms with Crippen molar-refractivity contribution in [1.29, 1.82) is 0 Å². The third kappa shape index (κ3) is 6.73. The number of carbonyl (C=O) groups is 1. The molecule has 0 aliphatic rings. The highest BCUT2D eigenvalue weighted by atomic mass is 32.2. The molecule has 0 spiro atoms. The van der Waals surface area contributed by atoms with E-state index >= 15 is 0 Å². The van der Waals surface area contributed by atoms with Crippen LogP contribution < -0.4 is 19.9 Å². The van der Waals surface area contributed by atoms with Crippen LogP contribution >= 0.6 is 0 Å². The summed E-state index contributed by atoms with van der Waals surface area (Å²) in [5.74, 6) is -0.711. The number of amides is 1. The molecule has 0 radical (unpaired) electrons. The van der Waals surface area contributed by atoms with Crippen LogP contribution in [-0.4, -0.2) is 30.9 Å². The number of carbonyl (C=O) groups excluding carboxylic acids is 1. The Hall–Kier alpha value is -4.51. The molecule has 0 aliphatic heterocycles. The average Bonchev–Trinajstić information content (AvgIpc) is 2.89. The summed E-state index contributed by atoms with van der Waals surface area (Å²) in [4.78, 5) is 21.5. The van der Waals surface area contributed by atoms with E-state index in [1.54, 1.807) is 6.07 Å². The molecular weight excluding hydrogens is 535 g/mol. The summed E-state index contributed by atoms with van der Waals surface area (Å²) in [5.41, 5.74) is 7.65. The molecule has 11 heteroatoms. The number of halogens is 1. The number of sulfonamides is 1. The first-order chi connectivity index (χ1) is 18.9. The van der Waals surface area contributed by atoms with E-state index < -0.39 is 26.8 Å². The van der Waals surface area contributed by atoms with Gasteiger partial charge >= 0.3 is 0 Å². The number of hydrogen-bond acceptors (Lipinski definition) is 8. The fraction of sp³-hybridized carbons (Fsp3) is 0.207. The number of ether oxygens (including phenoxy) is 2. The van der Waals surface area contributed by atoms with Crippen molar-refractivity contribution in [2.45, 2.75) is 32.7 Å². The van der Waals surface area contributed by atoms with Gasteiger partial charge in [-0.05, 0) is 67.3 Å². The third-order valence-electron chi connectivity index (χ3n) is 5.71. The number of nitrogen functional groups attached to an aromatic ring is 1. The van der Waals surface area contributed by atoms with Gasteiger partial charge in [0.1, 0.15) is 28.7 Å². The van der Waals surface area contributed by atoms with Crippen molar-refractivity contribution in [2.75, 3.05) is 12.3 Å². The molecule has 2 heterocycles. The quantitative estimate of drug-likeness (QED) is 0.275. The van der Waals surface area contributed by atoms with E-state index in [-0.39, 0.29) is 28.9 Å². The molecule has 2 aromatic heterocycles. The van der Waals surface area contributed by atoms with Gasteiger partial charge in [0.05, 0.1) is 12.3 Å². The standard InChI is InChI=1S/C29H29FN4O5S/c1-17(2)16-38-22-14-20(13-21(30)15-22)24-12-11-23(29(32-24)39-27-18(3)7-5-8-19(27)4)28(35)34-40(36,37)26-10-6-9-25(31)33-26/h5-15,17H,16H2,1-4H3,(H2,31,33)(H,34,35). The summed E-state index contributed by atoms with van der Waals surface area (Å²) in [5, 5.41) is -0.420. The highest BCUT2D eigenvalue weighted by molar-refractivity contribution is 7.90. The first kappa shape index (κ1) is 28.5. The van der Waals surface area contributed by atoms with Gasteiger partial charge in [0.2, 0.25) is 5.88 Å². The molecular formula is C29H29FN4O5S. The Kier molecular flexibility index (Phi) is 8.34. The van der Waals surface area contributed by atoms with Gasteiger partial charge in [-0.3, -0.25) is 4.79 Å². The number of anilines is 1. The zero-order valence-corrected chi connectivity index (χ0v) is 23.3. The van der Waals surface area contributed by atoms with E-state index in [2.05, 4.69) is 9.97 Å². The van der Waals surface area contributed by atoms with Gasteiger partial charge in [-0.15, -0.1) is 0 Å². The summed E-state index contributed by atoms with van der Waals surface area (Å²) >= 11 is 0. The molecule has 40 heavy (non-hydrogen) atoms. The first-order valence-corrected chi connectivity index (χ1v) is 13.9. The normalized spacial score (nSPS) is 11.3. The molecule has 0 atom stereocenters. The second kappa shape index (κ2) is 11.7. The Morgan fingerprint density at radius 1 is 1.00 bits per heavy atom. The number of nitrogens with zero attached hydrogens (tertiary/aromatic N) is 2. The van der Waals surface area contributed by atoms with E-state index in [4.69, 9.17) is 15.2 Å². The van der Waals surface area contributed by atoms with Crippen LogP contribution in [0.2, 0.25) is 0 Å². The van der Waals surface area contributed by atoms with Gasteiger partial charge in [-0.25, -0.2) is 19.1 Å². The number of pyridine rings is 2. The lowest BCUT2D eigenvalue weighted by molar-refractivity contribution is 0.0978. The molecule has 0 aliphatic carbocycles. The Morgan fingerprint density at radius 2 is 1.70 bits per heavy atom. The number of para-hydroxylation sites is 1. The number of aromatic nitrogens is 2. The number of nitrogens with one attached hydrogen (secondary N) is 1. The van der Waals surface area contributed by atoms with E-state index in [1.807, 2.05) is 50.6 Å². The highest BCUT2D eigenvalue weighted by Crippen LogP contribution is 2.33. The largest absolute Gasteiger partial charge is 0.493 e. The second-order valence-electron chi connectivity index (χ2n) is 9.59. The van der Waals surface area contributed by atoms with Crippen molar-refractivity contribution in [1.82, 2.24) is 14.7 Å². The predicted octanol–water partition coefficient (Wildman–Crippen LogP) is 5.43. The van der Waals surface area contributed by atoms with Gasteiger partial charge in [0.15, 0.2) is 5.03 Å². The van der Waals surface area contributed by atoms with Gasteiger partial charge < -0.3 is 15.2 Å². The topological polar surface area (TPSA) is 134 Å². The number of benzene rings is 2. The van der Waals surface area contributed by atoms with Crippen LogP contribution in [0.3, 0.4) is 0 Å². The van der Waals surface area contributed by atoms with E-state index in [0.717, 1.165) is 11.1 Å². The Labute approximate surface area is 232 Å². The maximum Gasteiger partial charge on any atom is 0.281 e. The summed E-state index contributed by atoms with van der Waals surface area (Å²) in [6, 6.07) is 16.6. The Balaban J connectivity index is 1.77. The molecule has 3 N–H and O–H groups in total. The zero-order chi connectivity index (χ0) is 29.0. The summed E-state index contributed by atoms with van der Waals surface area (Å²) in [7, 11) is -4.36. The number of rotatable bonds is 9. The van der Waals surface area contributed by atoms with Crippen molar-refractivity contribution in [2.24, 2.45) is 5.92 Å². The molecule has 9 nitrogen and oxygen atoms in total. The van der Waals surface area contributed by atoms with Crippen LogP contribution in [0.25, 0.3) is 11.3 Å². The fourth-order valence-corrected chi connectivity index (χ4v) is 4.72. The minimum atomic E-state index is -4.36. The zero-order valence-electron chi connectivity index (χ0n) is 22.4. The number of nitrogens with two attached hydrogens (primary N) is 1. The first-order valence-electron chi connectivity index (χ1n) is 12.4. The minimum absolute atomic E-state index is 0.0211. The highest BCUT2D eigenvalue weighted by Gasteiger charge is 2.25. The minimum Gasteiger partial charge on any atom is -0.493 e. The maximum atomic E-state index is 14.5. The third-order valence-corrected chi connectivity index (χ3v) is 6.94. The van der Waals surface area contributed by atoms with Crippen LogP contribution in [0.1, 0.15) is 35.3 Å². The summed E-state index contributed by atoms with van der Waals surface area (Å²) < 4.78 is 54.0. The maximum absolute atomic E-state index is 14.5. The molecule has 0 unspecified atom stereocenters. The molecule has 0 saturated heterocycles.